The number of rotatable bonds is 8. The van der Waals surface area contributed by atoms with Gasteiger partial charge >= 0.3 is 0 Å². The Labute approximate surface area is 150 Å². The second kappa shape index (κ2) is 8.05. The molecule has 1 aliphatic rings. The fourth-order valence-corrected chi connectivity index (χ4v) is 8.10. The minimum Gasteiger partial charge on any atom is -0.495 e. The largest absolute Gasteiger partial charge is 0.495 e. The molecule has 0 spiro atoms. The van der Waals surface area contributed by atoms with E-state index in [2.05, 4.69) is 12.2 Å². The summed E-state index contributed by atoms with van der Waals surface area (Å²) in [6.07, 6.45) is 2.97. The molecule has 1 saturated heterocycles. The van der Waals surface area contributed by atoms with E-state index in [-0.39, 0.29) is 22.2 Å². The SMILES string of the molecule is CCCCCN[C@H]1CS(=O)(=O)C[C@@H]1S(=O)(=O)c1cc(C)ccc1OC. The van der Waals surface area contributed by atoms with Crippen molar-refractivity contribution in [3.05, 3.63) is 23.8 Å². The lowest BCUT2D eigenvalue weighted by atomic mass is 10.2. The molecule has 0 radical (unpaired) electrons. The first-order chi connectivity index (χ1) is 11.7. The van der Waals surface area contributed by atoms with E-state index >= 15 is 0 Å². The van der Waals surface area contributed by atoms with Crippen LogP contribution in [-0.4, -0.2) is 53.3 Å². The molecule has 2 rings (SSSR count). The van der Waals surface area contributed by atoms with Gasteiger partial charge in [0, 0.05) is 6.04 Å². The molecule has 1 N–H and O–H groups in total. The third kappa shape index (κ3) is 4.74. The lowest BCUT2D eigenvalue weighted by Gasteiger charge is -2.21. The van der Waals surface area contributed by atoms with Crippen LogP contribution in [0, 0.1) is 6.92 Å². The molecule has 1 heterocycles. The number of hydrogen-bond donors (Lipinski definition) is 1. The monoisotopic (exact) mass is 389 g/mol. The van der Waals surface area contributed by atoms with Gasteiger partial charge in [-0.05, 0) is 37.6 Å². The minimum absolute atomic E-state index is 0.0671. The van der Waals surface area contributed by atoms with Crippen molar-refractivity contribution in [2.45, 2.75) is 49.3 Å². The van der Waals surface area contributed by atoms with E-state index in [4.69, 9.17) is 4.74 Å². The van der Waals surface area contributed by atoms with Crippen LogP contribution in [0.1, 0.15) is 31.7 Å². The Kier molecular flexibility index (Phi) is 6.51. The maximum absolute atomic E-state index is 13.2. The first-order valence-corrected chi connectivity index (χ1v) is 11.9. The zero-order chi connectivity index (χ0) is 18.7. The van der Waals surface area contributed by atoms with Gasteiger partial charge in [-0.15, -0.1) is 0 Å². The molecule has 6 nitrogen and oxygen atoms in total. The topological polar surface area (TPSA) is 89.5 Å². The van der Waals surface area contributed by atoms with E-state index in [1.165, 1.54) is 7.11 Å². The Morgan fingerprint density at radius 1 is 1.24 bits per heavy atom. The molecule has 1 aromatic rings. The minimum atomic E-state index is -3.83. The summed E-state index contributed by atoms with van der Waals surface area (Å²) in [5.74, 6) is -0.241. The average molecular weight is 390 g/mol. The summed E-state index contributed by atoms with van der Waals surface area (Å²) in [6, 6.07) is 4.34. The normalized spacial score (nSPS) is 22.8. The van der Waals surface area contributed by atoms with Gasteiger partial charge in [0.05, 0.1) is 23.9 Å². The number of methoxy groups -OCH3 is 1. The van der Waals surface area contributed by atoms with E-state index in [0.717, 1.165) is 24.8 Å². The Bertz CT molecular complexity index is 802. The molecule has 1 aliphatic heterocycles. The van der Waals surface area contributed by atoms with Crippen LogP contribution in [0.2, 0.25) is 0 Å². The van der Waals surface area contributed by atoms with Gasteiger partial charge in [-0.2, -0.15) is 0 Å². The van der Waals surface area contributed by atoms with E-state index < -0.39 is 31.0 Å². The number of aryl methyl sites for hydroxylation is 1. The maximum atomic E-state index is 13.2. The van der Waals surface area contributed by atoms with Crippen LogP contribution < -0.4 is 10.1 Å². The Morgan fingerprint density at radius 3 is 2.60 bits per heavy atom. The van der Waals surface area contributed by atoms with E-state index in [0.29, 0.717) is 6.54 Å². The fraction of sp³-hybridized carbons (Fsp3) is 0.647. The molecular weight excluding hydrogens is 362 g/mol. The molecule has 0 amide bonds. The molecule has 0 bridgehead atoms. The van der Waals surface area contributed by atoms with Crippen LogP contribution in [0.4, 0.5) is 0 Å². The number of ether oxygens (including phenoxy) is 1. The van der Waals surface area contributed by atoms with E-state index in [1.807, 2.05) is 0 Å². The number of unbranched alkanes of at least 4 members (excludes halogenated alkanes) is 2. The molecule has 1 aromatic carbocycles. The molecule has 25 heavy (non-hydrogen) atoms. The van der Waals surface area contributed by atoms with Crippen LogP contribution in [0.5, 0.6) is 5.75 Å². The first-order valence-electron chi connectivity index (χ1n) is 8.53. The van der Waals surface area contributed by atoms with Crippen molar-refractivity contribution >= 4 is 19.7 Å². The molecule has 142 valence electrons. The maximum Gasteiger partial charge on any atom is 0.187 e. The van der Waals surface area contributed by atoms with Crippen LogP contribution in [0.25, 0.3) is 0 Å². The average Bonchev–Trinajstić information content (AvgIpc) is 2.87. The van der Waals surface area contributed by atoms with Gasteiger partial charge in [-0.25, -0.2) is 16.8 Å². The lowest BCUT2D eigenvalue weighted by molar-refractivity contribution is 0.402. The van der Waals surface area contributed by atoms with Crippen LogP contribution >= 0.6 is 0 Å². The number of hydrogen-bond acceptors (Lipinski definition) is 6. The third-order valence-electron chi connectivity index (χ3n) is 4.51. The van der Waals surface area contributed by atoms with Gasteiger partial charge in [0.2, 0.25) is 0 Å². The molecule has 2 atom stereocenters. The van der Waals surface area contributed by atoms with Gasteiger partial charge in [0.25, 0.3) is 0 Å². The van der Waals surface area contributed by atoms with Gasteiger partial charge in [-0.1, -0.05) is 25.8 Å². The van der Waals surface area contributed by atoms with E-state index in [1.54, 1.807) is 25.1 Å². The van der Waals surface area contributed by atoms with Crippen molar-refractivity contribution in [1.82, 2.24) is 5.32 Å². The smallest absolute Gasteiger partial charge is 0.187 e. The summed E-state index contributed by atoms with van der Waals surface area (Å²) in [6.45, 7) is 4.49. The number of benzene rings is 1. The standard InChI is InChI=1S/C17H27NO5S2/c1-4-5-6-9-18-14-11-24(19,20)12-17(14)25(21,22)16-10-13(2)7-8-15(16)23-3/h7-8,10,14,17-18H,4-6,9,11-12H2,1-3H3/t14-,17-/m0/s1. The predicted molar refractivity (Wildman–Crippen MR) is 98.7 cm³/mol. The summed E-state index contributed by atoms with van der Waals surface area (Å²) in [5.41, 5.74) is 0.785. The van der Waals surface area contributed by atoms with Crippen molar-refractivity contribution in [3.63, 3.8) is 0 Å². The highest BCUT2D eigenvalue weighted by Crippen LogP contribution is 2.32. The Balaban J connectivity index is 2.33. The highest BCUT2D eigenvalue weighted by Gasteiger charge is 2.46. The molecule has 0 saturated carbocycles. The summed E-state index contributed by atoms with van der Waals surface area (Å²) in [4.78, 5) is 0.0671. The summed E-state index contributed by atoms with van der Waals surface area (Å²) in [5, 5.41) is 2.16. The summed E-state index contributed by atoms with van der Waals surface area (Å²) < 4.78 is 55.7. The second-order valence-corrected chi connectivity index (χ2v) is 10.9. The van der Waals surface area contributed by atoms with Gasteiger partial charge in [0.1, 0.15) is 10.6 Å². The van der Waals surface area contributed by atoms with Crippen molar-refractivity contribution in [2.75, 3.05) is 25.2 Å². The number of sulfone groups is 2. The van der Waals surface area contributed by atoms with Crippen molar-refractivity contribution < 1.29 is 21.6 Å². The number of nitrogens with one attached hydrogen (secondary N) is 1. The van der Waals surface area contributed by atoms with Crippen LogP contribution in [0.3, 0.4) is 0 Å². The zero-order valence-corrected chi connectivity index (χ0v) is 16.6. The lowest BCUT2D eigenvalue weighted by Crippen LogP contribution is -2.43. The molecule has 0 unspecified atom stereocenters. The zero-order valence-electron chi connectivity index (χ0n) is 15.0. The molecule has 1 fully saturated rings. The summed E-state index contributed by atoms with van der Waals surface area (Å²) in [7, 11) is -5.81. The molecule has 8 heteroatoms. The quantitative estimate of drug-likeness (QED) is 0.681. The molecule has 0 aromatic heterocycles. The fourth-order valence-electron chi connectivity index (χ4n) is 3.14. The van der Waals surface area contributed by atoms with Crippen molar-refractivity contribution in [2.24, 2.45) is 0 Å². The van der Waals surface area contributed by atoms with Gasteiger partial charge in [-0.3, -0.25) is 0 Å². The van der Waals surface area contributed by atoms with E-state index in [9.17, 15) is 16.8 Å². The first kappa shape index (κ1) is 20.2. The predicted octanol–water partition coefficient (Wildman–Crippen LogP) is 1.72. The van der Waals surface area contributed by atoms with Gasteiger partial charge < -0.3 is 10.1 Å². The Hall–Kier alpha value is -1.12. The summed E-state index contributed by atoms with van der Waals surface area (Å²) >= 11 is 0. The third-order valence-corrected chi connectivity index (χ3v) is 8.68. The second-order valence-electron chi connectivity index (χ2n) is 6.58. The molecular formula is C17H27NO5S2. The van der Waals surface area contributed by atoms with Gasteiger partial charge in [0.15, 0.2) is 19.7 Å². The highest BCUT2D eigenvalue weighted by atomic mass is 32.2. The van der Waals surface area contributed by atoms with Crippen molar-refractivity contribution in [1.29, 1.82) is 0 Å². The Morgan fingerprint density at radius 2 is 1.96 bits per heavy atom. The highest BCUT2D eigenvalue weighted by molar-refractivity contribution is 7.96. The van der Waals surface area contributed by atoms with Crippen LogP contribution in [0.15, 0.2) is 23.1 Å². The van der Waals surface area contributed by atoms with Crippen molar-refractivity contribution in [3.8, 4) is 5.75 Å². The van der Waals surface area contributed by atoms with Crippen LogP contribution in [-0.2, 0) is 19.7 Å². The molecule has 0 aliphatic carbocycles.